The van der Waals surface area contributed by atoms with Gasteiger partial charge in [-0.1, -0.05) is 27.7 Å². The fourth-order valence-electron chi connectivity index (χ4n) is 1.15. The third kappa shape index (κ3) is 2.58. The Hall–Kier alpha value is -0.850. The molecule has 1 aromatic carbocycles. The molecule has 0 bridgehead atoms. The summed E-state index contributed by atoms with van der Waals surface area (Å²) in [5.74, 6) is 0. The molecule has 0 saturated heterocycles. The fourth-order valence-corrected chi connectivity index (χ4v) is 2.38. The average Bonchev–Trinajstić information content (AvgIpc) is 2.73. The molecule has 0 amide bonds. The monoisotopic (exact) mass is 284 g/mol. The third-order valence-electron chi connectivity index (χ3n) is 1.84. The highest BCUT2D eigenvalue weighted by atomic mass is 79.9. The molecule has 4 nitrogen and oxygen atoms in total. The first kappa shape index (κ1) is 10.7. The van der Waals surface area contributed by atoms with E-state index in [9.17, 15) is 0 Å². The number of H-pyrrole nitrogens is 1. The number of nitrogens with zero attached hydrogens (tertiary/aromatic N) is 2. The van der Waals surface area contributed by atoms with Gasteiger partial charge in [0.2, 0.25) is 0 Å². The molecule has 78 valence electrons. The van der Waals surface area contributed by atoms with Crippen molar-refractivity contribution in [1.29, 1.82) is 0 Å². The second-order valence-corrected chi connectivity index (χ2v) is 4.80. The molecular formula is C9H9BrN4S. The lowest BCUT2D eigenvalue weighted by Gasteiger charge is -2.05. The summed E-state index contributed by atoms with van der Waals surface area (Å²) in [4.78, 5) is 5.15. The van der Waals surface area contributed by atoms with Gasteiger partial charge >= 0.3 is 0 Å². The van der Waals surface area contributed by atoms with Crippen LogP contribution in [0.2, 0.25) is 0 Å². The van der Waals surface area contributed by atoms with E-state index in [0.717, 1.165) is 20.1 Å². The molecule has 0 atom stereocenters. The van der Waals surface area contributed by atoms with Crippen LogP contribution in [0.4, 0.5) is 0 Å². The fraction of sp³-hybridized carbons (Fsp3) is 0.111. The van der Waals surface area contributed by atoms with Crippen LogP contribution in [0, 0.1) is 0 Å². The lowest BCUT2D eigenvalue weighted by Crippen LogP contribution is -1.98. The SMILES string of the molecule is NCc1cc(Br)ccc1Sc1ncn[nH]1. The second kappa shape index (κ2) is 4.78. The summed E-state index contributed by atoms with van der Waals surface area (Å²) < 4.78 is 1.03. The minimum Gasteiger partial charge on any atom is -0.326 e. The average molecular weight is 285 g/mol. The van der Waals surface area contributed by atoms with Crippen LogP contribution in [0.15, 0.2) is 39.1 Å². The summed E-state index contributed by atoms with van der Waals surface area (Å²) in [5, 5.41) is 7.37. The molecule has 0 unspecified atom stereocenters. The van der Waals surface area contributed by atoms with Gasteiger partial charge in [-0.15, -0.1) is 0 Å². The van der Waals surface area contributed by atoms with Crippen LogP contribution in [-0.4, -0.2) is 15.2 Å². The zero-order valence-corrected chi connectivity index (χ0v) is 10.2. The van der Waals surface area contributed by atoms with Crippen molar-refractivity contribution < 1.29 is 0 Å². The van der Waals surface area contributed by atoms with E-state index in [0.29, 0.717) is 6.54 Å². The number of aromatic nitrogens is 3. The van der Waals surface area contributed by atoms with Gasteiger partial charge < -0.3 is 5.73 Å². The van der Waals surface area contributed by atoms with Gasteiger partial charge in [-0.3, -0.25) is 5.10 Å². The second-order valence-electron chi connectivity index (χ2n) is 2.85. The molecule has 1 aromatic heterocycles. The minimum absolute atomic E-state index is 0.510. The zero-order valence-electron chi connectivity index (χ0n) is 7.77. The molecule has 2 rings (SSSR count). The Morgan fingerprint density at radius 3 is 3.00 bits per heavy atom. The van der Waals surface area contributed by atoms with Crippen molar-refractivity contribution in [3.8, 4) is 0 Å². The number of nitrogens with two attached hydrogens (primary N) is 1. The molecule has 0 saturated carbocycles. The van der Waals surface area contributed by atoms with Gasteiger partial charge in [0.25, 0.3) is 0 Å². The Morgan fingerprint density at radius 1 is 1.47 bits per heavy atom. The highest BCUT2D eigenvalue weighted by molar-refractivity contribution is 9.10. The van der Waals surface area contributed by atoms with E-state index in [2.05, 4.69) is 31.1 Å². The molecule has 0 aliphatic rings. The van der Waals surface area contributed by atoms with E-state index in [1.54, 1.807) is 0 Å². The molecular weight excluding hydrogens is 276 g/mol. The molecule has 0 spiro atoms. The van der Waals surface area contributed by atoms with E-state index >= 15 is 0 Å². The number of hydrogen-bond acceptors (Lipinski definition) is 4. The number of rotatable bonds is 3. The summed E-state index contributed by atoms with van der Waals surface area (Å²) in [6.45, 7) is 0.510. The predicted molar refractivity (Wildman–Crippen MR) is 62.5 cm³/mol. The standard InChI is InChI=1S/C9H9BrN4S/c10-7-1-2-8(6(3-7)4-11)15-9-12-5-13-14-9/h1-3,5H,4,11H2,(H,12,13,14). The molecule has 0 radical (unpaired) electrons. The first-order chi connectivity index (χ1) is 7.29. The lowest BCUT2D eigenvalue weighted by molar-refractivity contribution is 0.966. The van der Waals surface area contributed by atoms with Crippen LogP contribution in [0.5, 0.6) is 0 Å². The van der Waals surface area contributed by atoms with Crippen molar-refractivity contribution in [1.82, 2.24) is 15.2 Å². The van der Waals surface area contributed by atoms with Gasteiger partial charge in [0.15, 0.2) is 5.16 Å². The molecule has 6 heteroatoms. The first-order valence-corrected chi connectivity index (χ1v) is 5.92. The molecule has 1 heterocycles. The van der Waals surface area contributed by atoms with E-state index < -0.39 is 0 Å². The lowest BCUT2D eigenvalue weighted by atomic mass is 10.2. The molecule has 15 heavy (non-hydrogen) atoms. The maximum absolute atomic E-state index is 5.67. The maximum atomic E-state index is 5.67. The van der Waals surface area contributed by atoms with Gasteiger partial charge in [0, 0.05) is 15.9 Å². The number of halogens is 1. The van der Waals surface area contributed by atoms with Crippen molar-refractivity contribution >= 4 is 27.7 Å². The van der Waals surface area contributed by atoms with Gasteiger partial charge in [-0.25, -0.2) is 4.98 Å². The van der Waals surface area contributed by atoms with Gasteiger partial charge in [0.1, 0.15) is 6.33 Å². The number of benzene rings is 1. The van der Waals surface area contributed by atoms with Crippen LogP contribution < -0.4 is 5.73 Å². The van der Waals surface area contributed by atoms with Crippen LogP contribution in [0.3, 0.4) is 0 Å². The Morgan fingerprint density at radius 2 is 2.33 bits per heavy atom. The Bertz CT molecular complexity index is 443. The summed E-state index contributed by atoms with van der Waals surface area (Å²) in [7, 11) is 0. The predicted octanol–water partition coefficient (Wildman–Crippen LogP) is 2.18. The van der Waals surface area contributed by atoms with Crippen molar-refractivity contribution in [3.05, 3.63) is 34.6 Å². The Balaban J connectivity index is 2.28. The van der Waals surface area contributed by atoms with Crippen LogP contribution >= 0.6 is 27.7 Å². The maximum Gasteiger partial charge on any atom is 0.188 e. The van der Waals surface area contributed by atoms with Crippen molar-refractivity contribution in [3.63, 3.8) is 0 Å². The zero-order chi connectivity index (χ0) is 10.7. The molecule has 0 aliphatic carbocycles. The normalized spacial score (nSPS) is 10.5. The van der Waals surface area contributed by atoms with E-state index in [1.807, 2.05) is 18.2 Å². The molecule has 0 fully saturated rings. The largest absolute Gasteiger partial charge is 0.326 e. The molecule has 0 aliphatic heterocycles. The topological polar surface area (TPSA) is 67.6 Å². The summed E-state index contributed by atoms with van der Waals surface area (Å²) in [6, 6.07) is 6.01. The smallest absolute Gasteiger partial charge is 0.188 e. The number of hydrogen-bond donors (Lipinski definition) is 2. The van der Waals surface area contributed by atoms with Crippen molar-refractivity contribution in [2.24, 2.45) is 5.73 Å². The van der Waals surface area contributed by atoms with E-state index in [1.165, 1.54) is 18.1 Å². The van der Waals surface area contributed by atoms with E-state index in [-0.39, 0.29) is 0 Å². The third-order valence-corrected chi connectivity index (χ3v) is 3.34. The van der Waals surface area contributed by atoms with Crippen LogP contribution in [0.1, 0.15) is 5.56 Å². The Kier molecular flexibility index (Phi) is 3.40. The van der Waals surface area contributed by atoms with Gasteiger partial charge in [-0.05, 0) is 23.8 Å². The Labute approximate surface area is 99.8 Å². The highest BCUT2D eigenvalue weighted by Crippen LogP contribution is 2.29. The first-order valence-electron chi connectivity index (χ1n) is 4.31. The highest BCUT2D eigenvalue weighted by Gasteiger charge is 2.05. The van der Waals surface area contributed by atoms with Crippen LogP contribution in [-0.2, 0) is 6.54 Å². The van der Waals surface area contributed by atoms with Gasteiger partial charge in [0.05, 0.1) is 0 Å². The van der Waals surface area contributed by atoms with Crippen molar-refractivity contribution in [2.45, 2.75) is 16.6 Å². The number of aromatic amines is 1. The molecule has 2 aromatic rings. The van der Waals surface area contributed by atoms with Gasteiger partial charge in [-0.2, -0.15) is 5.10 Å². The van der Waals surface area contributed by atoms with Crippen molar-refractivity contribution in [2.75, 3.05) is 0 Å². The summed E-state index contributed by atoms with van der Waals surface area (Å²) >= 11 is 4.94. The quantitative estimate of drug-likeness (QED) is 0.907. The van der Waals surface area contributed by atoms with E-state index in [4.69, 9.17) is 5.73 Å². The summed E-state index contributed by atoms with van der Waals surface area (Å²) in [5.41, 5.74) is 6.76. The minimum atomic E-state index is 0.510. The molecule has 3 N–H and O–H groups in total. The summed E-state index contributed by atoms with van der Waals surface area (Å²) in [6.07, 6.45) is 1.49. The number of nitrogens with one attached hydrogen (secondary N) is 1. The van der Waals surface area contributed by atoms with Crippen LogP contribution in [0.25, 0.3) is 0 Å².